The summed E-state index contributed by atoms with van der Waals surface area (Å²) in [5, 5.41) is 0. The van der Waals surface area contributed by atoms with Crippen molar-refractivity contribution in [3.05, 3.63) is 29.3 Å². The number of allylic oxidation sites excluding steroid dienone is 3. The molecule has 0 atom stereocenters. The average molecular weight is 260 g/mol. The third-order valence-corrected chi connectivity index (χ3v) is 3.08. The number of hydrogen-bond acceptors (Lipinski definition) is 2. The topological polar surface area (TPSA) is 32.7 Å². The molecule has 3 nitrogen and oxygen atoms in total. The van der Waals surface area contributed by atoms with Crippen molar-refractivity contribution in [1.82, 2.24) is 4.90 Å². The molecule has 0 aliphatic carbocycles. The Hall–Kier alpha value is -1.60. The van der Waals surface area contributed by atoms with Crippen molar-refractivity contribution in [1.29, 1.82) is 0 Å². The molecule has 0 radical (unpaired) electrons. The van der Waals surface area contributed by atoms with Crippen molar-refractivity contribution in [2.24, 2.45) is 4.99 Å². The van der Waals surface area contributed by atoms with Crippen molar-refractivity contribution in [2.45, 2.75) is 52.9 Å². The molecular weight excluding hydrogens is 236 g/mol. The van der Waals surface area contributed by atoms with Crippen LogP contribution >= 0.6 is 0 Å². The molecule has 1 aliphatic heterocycles. The van der Waals surface area contributed by atoms with Crippen LogP contribution < -0.4 is 0 Å². The van der Waals surface area contributed by atoms with Crippen LogP contribution in [0.1, 0.15) is 52.9 Å². The van der Waals surface area contributed by atoms with Crippen molar-refractivity contribution in [2.75, 3.05) is 6.54 Å². The first-order valence-corrected chi connectivity index (χ1v) is 7.21. The highest BCUT2D eigenvalue weighted by Crippen LogP contribution is 2.12. The van der Waals surface area contributed by atoms with E-state index in [0.29, 0.717) is 12.2 Å². The van der Waals surface area contributed by atoms with Crippen LogP contribution in [-0.2, 0) is 4.79 Å². The van der Waals surface area contributed by atoms with Crippen molar-refractivity contribution >= 4 is 12.1 Å². The highest BCUT2D eigenvalue weighted by atomic mass is 16.2. The Kier molecular flexibility index (Phi) is 6.91. The largest absolute Gasteiger partial charge is 0.290 e. The maximum atomic E-state index is 12.0. The molecule has 19 heavy (non-hydrogen) atoms. The number of rotatable bonds is 6. The van der Waals surface area contributed by atoms with E-state index in [1.54, 1.807) is 4.90 Å². The molecule has 0 spiro atoms. The Morgan fingerprint density at radius 3 is 2.84 bits per heavy atom. The van der Waals surface area contributed by atoms with Crippen LogP contribution in [0.2, 0.25) is 0 Å². The van der Waals surface area contributed by atoms with Crippen LogP contribution in [-0.4, -0.2) is 23.6 Å². The lowest BCUT2D eigenvalue weighted by Crippen LogP contribution is -2.30. The summed E-state index contributed by atoms with van der Waals surface area (Å²) in [7, 11) is 0. The van der Waals surface area contributed by atoms with Gasteiger partial charge in [-0.1, -0.05) is 39.0 Å². The second kappa shape index (κ2) is 8.49. The third-order valence-electron chi connectivity index (χ3n) is 3.08. The predicted octanol–water partition coefficient (Wildman–Crippen LogP) is 3.83. The molecule has 1 heterocycles. The first-order chi connectivity index (χ1) is 9.22. The van der Waals surface area contributed by atoms with Gasteiger partial charge in [0.25, 0.3) is 0 Å². The maximum Gasteiger partial charge on any atom is 0.228 e. The average Bonchev–Trinajstić information content (AvgIpc) is 2.41. The summed E-state index contributed by atoms with van der Waals surface area (Å²) in [4.78, 5) is 18.2. The summed E-state index contributed by atoms with van der Waals surface area (Å²) < 4.78 is 0. The molecule has 0 saturated carbocycles. The van der Waals surface area contributed by atoms with Gasteiger partial charge < -0.3 is 0 Å². The maximum absolute atomic E-state index is 12.0. The van der Waals surface area contributed by atoms with E-state index in [4.69, 9.17) is 0 Å². The SMILES string of the molecule is CCCCN(C(=O)CC)C1=C=CC/C=C(CC)\C=N/1. The quantitative estimate of drug-likeness (QED) is 0.668. The fraction of sp³-hybridized carbons (Fsp3) is 0.562. The standard InChI is InChI=1S/C16H24N2O/c1-4-7-12-18(16(19)6-3)15-11-9-8-10-14(5-2)13-17-15/h9-10,13H,4-8,12H2,1-3H3/b14-10-,17-13-. The van der Waals surface area contributed by atoms with Crippen LogP contribution in [0.5, 0.6) is 0 Å². The minimum atomic E-state index is 0.115. The monoisotopic (exact) mass is 260 g/mol. The smallest absolute Gasteiger partial charge is 0.228 e. The molecule has 0 bridgehead atoms. The van der Waals surface area contributed by atoms with Crippen LogP contribution in [0.25, 0.3) is 0 Å². The number of carbonyl (C=O) groups excluding carboxylic acids is 1. The minimum Gasteiger partial charge on any atom is -0.290 e. The van der Waals surface area contributed by atoms with Gasteiger partial charge in [0.2, 0.25) is 5.91 Å². The third kappa shape index (κ3) is 4.88. The summed E-state index contributed by atoms with van der Waals surface area (Å²) in [5.74, 6) is 0.767. The van der Waals surface area contributed by atoms with Crippen molar-refractivity contribution < 1.29 is 4.79 Å². The van der Waals surface area contributed by atoms with Gasteiger partial charge in [0.05, 0.1) is 0 Å². The molecule has 3 heteroatoms. The lowest BCUT2D eigenvalue weighted by Gasteiger charge is -2.21. The Morgan fingerprint density at radius 1 is 1.42 bits per heavy atom. The zero-order chi connectivity index (χ0) is 14.1. The summed E-state index contributed by atoms with van der Waals surface area (Å²) in [6.07, 6.45) is 10.3. The summed E-state index contributed by atoms with van der Waals surface area (Å²) in [6.45, 7) is 6.84. The lowest BCUT2D eigenvalue weighted by molar-refractivity contribution is -0.129. The number of amides is 1. The van der Waals surface area contributed by atoms with Gasteiger partial charge in [-0.15, -0.1) is 0 Å². The molecule has 104 valence electrons. The summed E-state index contributed by atoms with van der Waals surface area (Å²) >= 11 is 0. The molecule has 0 N–H and O–H groups in total. The number of nitrogens with zero attached hydrogens (tertiary/aromatic N) is 2. The van der Waals surface area contributed by atoms with E-state index in [1.165, 1.54) is 5.57 Å². The lowest BCUT2D eigenvalue weighted by atomic mass is 10.1. The van der Waals surface area contributed by atoms with E-state index in [2.05, 4.69) is 30.6 Å². The van der Waals surface area contributed by atoms with Gasteiger partial charge in [0, 0.05) is 19.2 Å². The van der Waals surface area contributed by atoms with E-state index in [-0.39, 0.29) is 5.91 Å². The summed E-state index contributed by atoms with van der Waals surface area (Å²) in [6, 6.07) is 0. The van der Waals surface area contributed by atoms with E-state index in [1.807, 2.05) is 19.2 Å². The van der Waals surface area contributed by atoms with E-state index < -0.39 is 0 Å². The van der Waals surface area contributed by atoms with Gasteiger partial charge in [-0.3, -0.25) is 9.69 Å². The Balaban J connectivity index is 2.94. The van der Waals surface area contributed by atoms with Crippen LogP contribution in [0.3, 0.4) is 0 Å². The first-order valence-electron chi connectivity index (χ1n) is 7.21. The van der Waals surface area contributed by atoms with Crippen molar-refractivity contribution in [3.63, 3.8) is 0 Å². The predicted molar refractivity (Wildman–Crippen MR) is 80.0 cm³/mol. The normalized spacial score (nSPS) is 18.9. The molecule has 1 aliphatic rings. The summed E-state index contributed by atoms with van der Waals surface area (Å²) in [5.41, 5.74) is 4.35. The molecule has 1 amide bonds. The van der Waals surface area contributed by atoms with Crippen molar-refractivity contribution in [3.8, 4) is 0 Å². The Labute approximate surface area is 116 Å². The minimum absolute atomic E-state index is 0.115. The van der Waals surface area contributed by atoms with Gasteiger partial charge in [-0.2, -0.15) is 0 Å². The second-order valence-corrected chi connectivity index (χ2v) is 4.55. The molecule has 0 saturated heterocycles. The number of hydrogen-bond donors (Lipinski definition) is 0. The number of unbranched alkanes of at least 4 members (excludes halogenated alkanes) is 1. The fourth-order valence-corrected chi connectivity index (χ4v) is 1.83. The number of carbonyl (C=O) groups is 1. The van der Waals surface area contributed by atoms with E-state index in [9.17, 15) is 4.79 Å². The molecule has 0 fully saturated rings. The number of aliphatic imine (C=N–C) groups is 1. The first kappa shape index (κ1) is 15.5. The molecule has 0 unspecified atom stereocenters. The molecular formula is C16H24N2O. The Bertz CT molecular complexity index is 426. The van der Waals surface area contributed by atoms with Gasteiger partial charge in [0.1, 0.15) is 0 Å². The van der Waals surface area contributed by atoms with Crippen LogP contribution in [0.15, 0.2) is 34.3 Å². The Morgan fingerprint density at radius 2 is 2.21 bits per heavy atom. The van der Waals surface area contributed by atoms with Gasteiger partial charge in [-0.25, -0.2) is 4.99 Å². The zero-order valence-electron chi connectivity index (χ0n) is 12.3. The van der Waals surface area contributed by atoms with E-state index in [0.717, 1.165) is 32.2 Å². The zero-order valence-corrected chi connectivity index (χ0v) is 12.3. The molecule has 1 rings (SSSR count). The fourth-order valence-electron chi connectivity index (χ4n) is 1.83. The highest BCUT2D eigenvalue weighted by Gasteiger charge is 2.15. The van der Waals surface area contributed by atoms with Crippen LogP contribution in [0, 0.1) is 0 Å². The molecule has 0 aromatic carbocycles. The van der Waals surface area contributed by atoms with Gasteiger partial charge in [0.15, 0.2) is 5.82 Å². The molecule has 0 aromatic rings. The highest BCUT2D eigenvalue weighted by molar-refractivity contribution is 5.81. The molecule has 0 aromatic heterocycles. The second-order valence-electron chi connectivity index (χ2n) is 4.55. The van der Waals surface area contributed by atoms with Gasteiger partial charge >= 0.3 is 0 Å². The van der Waals surface area contributed by atoms with Gasteiger partial charge in [-0.05, 0) is 30.9 Å². The van der Waals surface area contributed by atoms with Crippen LogP contribution in [0.4, 0.5) is 0 Å². The van der Waals surface area contributed by atoms with E-state index >= 15 is 0 Å².